The van der Waals surface area contributed by atoms with Gasteiger partial charge in [-0.1, -0.05) is 11.6 Å². The molecule has 2 aliphatic heterocycles. The Labute approximate surface area is 98.5 Å². The van der Waals surface area contributed by atoms with Gasteiger partial charge in [0.2, 0.25) is 0 Å². The van der Waals surface area contributed by atoms with Crippen molar-refractivity contribution in [2.75, 3.05) is 0 Å². The lowest BCUT2D eigenvalue weighted by atomic mass is 9.98. The summed E-state index contributed by atoms with van der Waals surface area (Å²) < 4.78 is 17.1. The molecule has 3 atom stereocenters. The fourth-order valence-corrected chi connectivity index (χ4v) is 2.85. The van der Waals surface area contributed by atoms with Crippen molar-refractivity contribution in [3.8, 4) is 0 Å². The zero-order chi connectivity index (χ0) is 11.6. The van der Waals surface area contributed by atoms with E-state index in [2.05, 4.69) is 0 Å². The van der Waals surface area contributed by atoms with Crippen LogP contribution in [-0.2, 0) is 19.0 Å². The molecule has 88 valence electrons. The maximum Gasteiger partial charge on any atom is 0.188 e. The van der Waals surface area contributed by atoms with Crippen molar-refractivity contribution in [1.82, 2.24) is 0 Å². The molecular weight excluding hydrogens is 232 g/mol. The number of rotatable bonds is 0. The number of carbonyl (C=O) groups is 1. The van der Waals surface area contributed by atoms with E-state index in [1.807, 2.05) is 13.8 Å². The van der Waals surface area contributed by atoms with Crippen molar-refractivity contribution in [2.24, 2.45) is 0 Å². The summed E-state index contributed by atoms with van der Waals surface area (Å²) in [6, 6.07) is 0. The summed E-state index contributed by atoms with van der Waals surface area (Å²) in [6.45, 7) is 3.70. The molecule has 5 heteroatoms. The highest BCUT2D eigenvalue weighted by atomic mass is 35.5. The van der Waals surface area contributed by atoms with Crippen LogP contribution in [0, 0.1) is 0 Å². The van der Waals surface area contributed by atoms with Gasteiger partial charge in [-0.15, -0.1) is 0 Å². The minimum atomic E-state index is -0.604. The van der Waals surface area contributed by atoms with Gasteiger partial charge in [-0.25, -0.2) is 0 Å². The van der Waals surface area contributed by atoms with Gasteiger partial charge in [-0.2, -0.15) is 0 Å². The number of allylic oxidation sites excluding steroid dienone is 1. The van der Waals surface area contributed by atoms with Crippen molar-refractivity contribution >= 4 is 17.4 Å². The first kappa shape index (κ1) is 10.7. The van der Waals surface area contributed by atoms with Crippen LogP contribution in [0.25, 0.3) is 0 Å². The molecule has 2 saturated heterocycles. The Morgan fingerprint density at radius 3 is 2.69 bits per heavy atom. The summed E-state index contributed by atoms with van der Waals surface area (Å²) in [5, 5.41) is 0.263. The molecule has 0 unspecified atom stereocenters. The third-order valence-corrected chi connectivity index (χ3v) is 3.47. The van der Waals surface area contributed by atoms with Crippen molar-refractivity contribution in [3.05, 3.63) is 11.1 Å². The molecule has 3 rings (SSSR count). The maximum absolute atomic E-state index is 11.4. The quantitative estimate of drug-likeness (QED) is 0.651. The third kappa shape index (κ3) is 1.52. The summed E-state index contributed by atoms with van der Waals surface area (Å²) in [7, 11) is 0. The van der Waals surface area contributed by atoms with Crippen LogP contribution in [0.15, 0.2) is 11.1 Å². The molecule has 0 radical (unpaired) electrons. The number of halogens is 1. The molecule has 0 N–H and O–H groups in total. The molecule has 3 aliphatic rings. The minimum Gasteiger partial charge on any atom is -0.342 e. The Kier molecular flexibility index (Phi) is 2.06. The van der Waals surface area contributed by atoms with Crippen LogP contribution in [0.4, 0.5) is 0 Å². The minimum absolute atomic E-state index is 0.0686. The van der Waals surface area contributed by atoms with E-state index in [1.165, 1.54) is 0 Å². The standard InChI is InChI=1S/C11H13ClO4/c1-10(2)14-8-5-11(16-9(8)15-10)3-6(12)7(13)4-11/h3,8-9H,4-5H2,1-2H3/t8-,9+,11+/m1/s1. The molecule has 2 heterocycles. The van der Waals surface area contributed by atoms with Crippen molar-refractivity contribution in [1.29, 1.82) is 0 Å². The topological polar surface area (TPSA) is 44.8 Å². The van der Waals surface area contributed by atoms with Crippen molar-refractivity contribution < 1.29 is 19.0 Å². The molecule has 16 heavy (non-hydrogen) atoms. The van der Waals surface area contributed by atoms with Gasteiger partial charge < -0.3 is 14.2 Å². The van der Waals surface area contributed by atoms with Gasteiger partial charge in [0.05, 0.1) is 5.03 Å². The van der Waals surface area contributed by atoms with Gasteiger partial charge in [0.1, 0.15) is 11.7 Å². The fourth-order valence-electron chi connectivity index (χ4n) is 2.59. The summed E-state index contributed by atoms with van der Waals surface area (Å²) in [5.41, 5.74) is -0.597. The molecule has 0 saturated carbocycles. The van der Waals surface area contributed by atoms with E-state index in [0.29, 0.717) is 12.8 Å². The largest absolute Gasteiger partial charge is 0.342 e. The van der Waals surface area contributed by atoms with Crippen LogP contribution in [0.1, 0.15) is 26.7 Å². The average molecular weight is 245 g/mol. The number of hydrogen-bond donors (Lipinski definition) is 0. The number of ether oxygens (including phenoxy) is 3. The number of hydrogen-bond acceptors (Lipinski definition) is 4. The summed E-state index contributed by atoms with van der Waals surface area (Å²) in [4.78, 5) is 11.4. The van der Waals surface area contributed by atoms with E-state index in [0.717, 1.165) is 0 Å². The van der Waals surface area contributed by atoms with E-state index < -0.39 is 11.4 Å². The highest BCUT2D eigenvalue weighted by Gasteiger charge is 2.56. The van der Waals surface area contributed by atoms with E-state index >= 15 is 0 Å². The van der Waals surface area contributed by atoms with Gasteiger partial charge in [-0.05, 0) is 19.9 Å². The summed E-state index contributed by atoms with van der Waals surface area (Å²) in [5.74, 6) is -0.673. The Morgan fingerprint density at radius 1 is 1.38 bits per heavy atom. The highest BCUT2D eigenvalue weighted by molar-refractivity contribution is 6.43. The second-order valence-electron chi connectivity index (χ2n) is 5.02. The molecule has 0 aromatic carbocycles. The highest BCUT2D eigenvalue weighted by Crippen LogP contribution is 2.47. The predicted octanol–water partition coefficient (Wildman–Crippen LogP) is 1.72. The Hall–Kier alpha value is -0.420. The fraction of sp³-hybridized carbons (Fsp3) is 0.727. The lowest BCUT2D eigenvalue weighted by Crippen LogP contribution is -2.30. The maximum atomic E-state index is 11.4. The Bertz CT molecular complexity index is 371. The molecule has 0 bridgehead atoms. The predicted molar refractivity (Wildman–Crippen MR) is 55.8 cm³/mol. The van der Waals surface area contributed by atoms with E-state index in [9.17, 15) is 4.79 Å². The summed E-state index contributed by atoms with van der Waals surface area (Å²) >= 11 is 5.79. The van der Waals surface area contributed by atoms with Crippen LogP contribution in [0.3, 0.4) is 0 Å². The number of Topliss-reactive ketones (excluding diaryl/α,β-unsaturated/α-hetero) is 1. The SMILES string of the molecule is CC1(C)O[C@H]2O[C@]3(C=C(Cl)C(=O)C3)C[C@H]2O1. The zero-order valence-electron chi connectivity index (χ0n) is 9.16. The smallest absolute Gasteiger partial charge is 0.188 e. The second-order valence-corrected chi connectivity index (χ2v) is 5.43. The average Bonchev–Trinajstić information content (AvgIpc) is 2.62. The lowest BCUT2D eigenvalue weighted by molar-refractivity contribution is -0.216. The summed E-state index contributed by atoms with van der Waals surface area (Å²) in [6.07, 6.45) is 2.12. The second kappa shape index (κ2) is 3.07. The van der Waals surface area contributed by atoms with Gasteiger partial charge in [0.15, 0.2) is 17.9 Å². The normalized spacial score (nSPS) is 45.2. The van der Waals surface area contributed by atoms with Crippen LogP contribution in [0.5, 0.6) is 0 Å². The van der Waals surface area contributed by atoms with Crippen molar-refractivity contribution in [3.63, 3.8) is 0 Å². The first-order chi connectivity index (χ1) is 7.39. The number of ketones is 1. The zero-order valence-corrected chi connectivity index (χ0v) is 9.91. The Balaban J connectivity index is 1.80. The van der Waals surface area contributed by atoms with Crippen LogP contribution in [-0.4, -0.2) is 29.6 Å². The van der Waals surface area contributed by atoms with Crippen LogP contribution >= 0.6 is 11.6 Å². The van der Waals surface area contributed by atoms with Gasteiger partial charge in [-0.3, -0.25) is 4.79 Å². The lowest BCUT2D eigenvalue weighted by Gasteiger charge is -2.25. The monoisotopic (exact) mass is 244 g/mol. The molecule has 2 fully saturated rings. The molecule has 1 aliphatic carbocycles. The Morgan fingerprint density at radius 2 is 2.12 bits per heavy atom. The first-order valence-electron chi connectivity index (χ1n) is 5.34. The molecule has 1 spiro atoms. The van der Waals surface area contributed by atoms with Crippen molar-refractivity contribution in [2.45, 2.75) is 50.5 Å². The van der Waals surface area contributed by atoms with Crippen LogP contribution in [0.2, 0.25) is 0 Å². The molecule has 4 nitrogen and oxygen atoms in total. The number of fused-ring (bicyclic) bond motifs is 1. The molecule has 0 aromatic heterocycles. The third-order valence-electron chi connectivity index (χ3n) is 3.15. The van der Waals surface area contributed by atoms with Gasteiger partial charge in [0.25, 0.3) is 0 Å². The van der Waals surface area contributed by atoms with Gasteiger partial charge >= 0.3 is 0 Å². The van der Waals surface area contributed by atoms with E-state index in [1.54, 1.807) is 6.08 Å². The van der Waals surface area contributed by atoms with E-state index in [-0.39, 0.29) is 23.2 Å². The molecular formula is C11H13ClO4. The van der Waals surface area contributed by atoms with E-state index in [4.69, 9.17) is 25.8 Å². The van der Waals surface area contributed by atoms with Crippen LogP contribution < -0.4 is 0 Å². The molecule has 0 aromatic rings. The number of carbonyl (C=O) groups excluding carboxylic acids is 1. The van der Waals surface area contributed by atoms with Gasteiger partial charge in [0, 0.05) is 12.8 Å². The molecule has 0 amide bonds. The first-order valence-corrected chi connectivity index (χ1v) is 5.72.